The first-order chi connectivity index (χ1) is 10.5. The number of anilines is 1. The second-order valence-corrected chi connectivity index (χ2v) is 6.17. The Labute approximate surface area is 144 Å². The molecule has 1 aromatic carbocycles. The number of ether oxygens (including phenoxy) is 3. The summed E-state index contributed by atoms with van der Waals surface area (Å²) in [6, 6.07) is 5.46. The van der Waals surface area contributed by atoms with Crippen molar-refractivity contribution in [1.82, 2.24) is 0 Å². The van der Waals surface area contributed by atoms with Crippen LogP contribution >= 0.6 is 31.9 Å². The highest BCUT2D eigenvalue weighted by Gasteiger charge is 2.32. The zero-order valence-corrected chi connectivity index (χ0v) is 15.1. The van der Waals surface area contributed by atoms with Gasteiger partial charge in [-0.05, 0) is 18.2 Å². The number of carbonyl (C=O) groups excluding carboxylic acids is 2. The summed E-state index contributed by atoms with van der Waals surface area (Å²) in [4.78, 5) is 25.6. The van der Waals surface area contributed by atoms with Crippen LogP contribution in [-0.2, 0) is 23.8 Å². The molecule has 0 spiro atoms. The van der Waals surface area contributed by atoms with Crippen LogP contribution in [0.4, 0.5) is 5.69 Å². The van der Waals surface area contributed by atoms with Crippen LogP contribution in [0.3, 0.4) is 0 Å². The monoisotopic (exact) mass is 433 g/mol. The highest BCUT2D eigenvalue weighted by molar-refractivity contribution is 9.11. The Hall–Kier alpha value is -1.38. The van der Waals surface area contributed by atoms with Crippen LogP contribution < -0.4 is 4.90 Å². The SMILES string of the molecule is COC(=O)C1=C(C(=O)OC)N(c2cc(Br)cc(Br)c2)COC1. The highest BCUT2D eigenvalue weighted by atomic mass is 79.9. The summed E-state index contributed by atoms with van der Waals surface area (Å²) in [5.74, 6) is -1.25. The van der Waals surface area contributed by atoms with Crippen molar-refractivity contribution in [2.24, 2.45) is 0 Å². The summed E-state index contributed by atoms with van der Waals surface area (Å²) < 4.78 is 16.5. The molecule has 0 amide bonds. The number of nitrogens with zero attached hydrogens (tertiary/aromatic N) is 1. The minimum atomic E-state index is -0.626. The Morgan fingerprint density at radius 2 is 1.68 bits per heavy atom. The normalized spacial score (nSPS) is 14.8. The van der Waals surface area contributed by atoms with Gasteiger partial charge in [0, 0.05) is 14.6 Å². The molecule has 118 valence electrons. The molecule has 8 heteroatoms. The Bertz CT molecular complexity index is 624. The Balaban J connectivity index is 2.57. The third kappa shape index (κ3) is 3.50. The van der Waals surface area contributed by atoms with E-state index in [4.69, 9.17) is 14.2 Å². The molecule has 0 fully saturated rings. The highest BCUT2D eigenvalue weighted by Crippen LogP contribution is 2.31. The van der Waals surface area contributed by atoms with Crippen molar-refractivity contribution in [1.29, 1.82) is 0 Å². The Morgan fingerprint density at radius 3 is 2.23 bits per heavy atom. The molecule has 0 unspecified atom stereocenters. The van der Waals surface area contributed by atoms with E-state index < -0.39 is 11.9 Å². The van der Waals surface area contributed by atoms with Gasteiger partial charge < -0.3 is 19.1 Å². The minimum Gasteiger partial charge on any atom is -0.466 e. The molecular weight excluding hydrogens is 422 g/mol. The van der Waals surface area contributed by atoms with Crippen LogP contribution in [0.2, 0.25) is 0 Å². The van der Waals surface area contributed by atoms with Crippen molar-refractivity contribution >= 4 is 49.5 Å². The molecule has 0 atom stereocenters. The van der Waals surface area contributed by atoms with E-state index >= 15 is 0 Å². The van der Waals surface area contributed by atoms with Crippen LogP contribution in [0.25, 0.3) is 0 Å². The van der Waals surface area contributed by atoms with E-state index in [-0.39, 0.29) is 24.6 Å². The molecule has 0 bridgehead atoms. The number of halogens is 2. The lowest BCUT2D eigenvalue weighted by atomic mass is 10.1. The fourth-order valence-corrected chi connectivity index (χ4v) is 3.31. The largest absolute Gasteiger partial charge is 0.466 e. The first-order valence-corrected chi connectivity index (χ1v) is 7.77. The van der Waals surface area contributed by atoms with Crippen molar-refractivity contribution in [2.45, 2.75) is 0 Å². The van der Waals surface area contributed by atoms with E-state index in [1.807, 2.05) is 6.07 Å². The third-order valence-corrected chi connectivity index (χ3v) is 3.91. The first kappa shape index (κ1) is 17.0. The number of rotatable bonds is 3. The van der Waals surface area contributed by atoms with Crippen LogP contribution in [0.5, 0.6) is 0 Å². The molecule has 0 saturated heterocycles. The van der Waals surface area contributed by atoms with Crippen molar-refractivity contribution in [2.75, 3.05) is 32.5 Å². The quantitative estimate of drug-likeness (QED) is 0.681. The fourth-order valence-electron chi connectivity index (χ4n) is 2.04. The van der Waals surface area contributed by atoms with Crippen LogP contribution in [-0.4, -0.2) is 39.5 Å². The van der Waals surface area contributed by atoms with Gasteiger partial charge in [0.1, 0.15) is 12.4 Å². The third-order valence-electron chi connectivity index (χ3n) is 2.99. The minimum absolute atomic E-state index is 0.0111. The summed E-state index contributed by atoms with van der Waals surface area (Å²) in [6.45, 7) is 0.108. The molecule has 2 rings (SSSR count). The number of carbonyl (C=O) groups is 2. The van der Waals surface area contributed by atoms with Gasteiger partial charge in [0.15, 0.2) is 0 Å². The fraction of sp³-hybridized carbons (Fsp3) is 0.286. The number of benzene rings is 1. The van der Waals surface area contributed by atoms with Gasteiger partial charge >= 0.3 is 11.9 Å². The number of esters is 2. The summed E-state index contributed by atoms with van der Waals surface area (Å²) in [7, 11) is 2.51. The average Bonchev–Trinajstić information content (AvgIpc) is 2.51. The first-order valence-electron chi connectivity index (χ1n) is 6.19. The lowest BCUT2D eigenvalue weighted by molar-refractivity contribution is -0.140. The summed E-state index contributed by atoms with van der Waals surface area (Å²) in [6.07, 6.45) is 0. The molecule has 22 heavy (non-hydrogen) atoms. The van der Waals surface area contributed by atoms with Crippen molar-refractivity contribution in [3.8, 4) is 0 Å². The van der Waals surface area contributed by atoms with Gasteiger partial charge in [0.2, 0.25) is 0 Å². The standard InChI is InChI=1S/C14H13Br2NO5/c1-20-13(18)11-6-22-7-17(12(11)14(19)21-2)10-4-8(15)3-9(16)5-10/h3-5H,6-7H2,1-2H3. The van der Waals surface area contributed by atoms with E-state index in [1.54, 1.807) is 17.0 Å². The van der Waals surface area contributed by atoms with Gasteiger partial charge in [-0.25, -0.2) is 9.59 Å². The van der Waals surface area contributed by atoms with E-state index in [2.05, 4.69) is 31.9 Å². The maximum Gasteiger partial charge on any atom is 0.355 e. The molecule has 0 radical (unpaired) electrons. The molecule has 1 aromatic rings. The molecule has 6 nitrogen and oxygen atoms in total. The maximum absolute atomic E-state index is 12.1. The molecule has 0 saturated carbocycles. The smallest absolute Gasteiger partial charge is 0.355 e. The maximum atomic E-state index is 12.1. The molecule has 1 heterocycles. The van der Waals surface area contributed by atoms with Gasteiger partial charge in [-0.15, -0.1) is 0 Å². The van der Waals surface area contributed by atoms with Gasteiger partial charge in [0.05, 0.1) is 26.4 Å². The summed E-state index contributed by atoms with van der Waals surface area (Å²) in [5.41, 5.74) is 0.907. The second-order valence-electron chi connectivity index (χ2n) is 4.34. The van der Waals surface area contributed by atoms with Gasteiger partial charge in [0.25, 0.3) is 0 Å². The van der Waals surface area contributed by atoms with Crippen molar-refractivity contribution < 1.29 is 23.8 Å². The van der Waals surface area contributed by atoms with Crippen LogP contribution in [0.1, 0.15) is 0 Å². The molecule has 0 aliphatic carbocycles. The zero-order valence-electron chi connectivity index (χ0n) is 11.9. The predicted octanol–water partition coefficient (Wildman–Crippen LogP) is 2.61. The van der Waals surface area contributed by atoms with Crippen molar-refractivity contribution in [3.05, 3.63) is 38.4 Å². The molecule has 1 aliphatic rings. The Kier molecular flexibility index (Phi) is 5.60. The van der Waals surface area contributed by atoms with Crippen molar-refractivity contribution in [3.63, 3.8) is 0 Å². The van der Waals surface area contributed by atoms with Gasteiger partial charge in [-0.2, -0.15) is 0 Å². The zero-order chi connectivity index (χ0) is 16.3. The lowest BCUT2D eigenvalue weighted by Gasteiger charge is -2.31. The van der Waals surface area contributed by atoms with Gasteiger partial charge in [-0.3, -0.25) is 0 Å². The van der Waals surface area contributed by atoms with E-state index in [0.29, 0.717) is 5.69 Å². The van der Waals surface area contributed by atoms with Crippen LogP contribution in [0, 0.1) is 0 Å². The summed E-state index contributed by atoms with van der Waals surface area (Å²) in [5, 5.41) is 0. The number of hydrogen-bond donors (Lipinski definition) is 0. The molecular formula is C14H13Br2NO5. The summed E-state index contributed by atoms with van der Waals surface area (Å²) >= 11 is 6.78. The number of hydrogen-bond acceptors (Lipinski definition) is 6. The predicted molar refractivity (Wildman–Crippen MR) is 86.2 cm³/mol. The Morgan fingerprint density at radius 1 is 1.09 bits per heavy atom. The average molecular weight is 435 g/mol. The van der Waals surface area contributed by atoms with E-state index in [1.165, 1.54) is 14.2 Å². The molecule has 1 aliphatic heterocycles. The molecule has 0 N–H and O–H groups in total. The second kappa shape index (κ2) is 7.26. The van der Waals surface area contributed by atoms with E-state index in [0.717, 1.165) is 8.95 Å². The van der Waals surface area contributed by atoms with Crippen LogP contribution in [0.15, 0.2) is 38.4 Å². The lowest BCUT2D eigenvalue weighted by Crippen LogP contribution is -2.38. The molecule has 0 aromatic heterocycles. The number of methoxy groups -OCH3 is 2. The van der Waals surface area contributed by atoms with E-state index in [9.17, 15) is 9.59 Å². The van der Waals surface area contributed by atoms with Gasteiger partial charge in [-0.1, -0.05) is 31.9 Å². The topological polar surface area (TPSA) is 65.1 Å².